The zero-order chi connectivity index (χ0) is 32.3. The molecule has 17 heteroatoms. The standard InChI is InChI=1S/C26H33N9O8/c1-13(27)31-23-21(22(28)29)32-15(11-30-23)12-35(2)16-5-3-14(4-6-16)24(40)33-17(7-9-19(36)37)25(41)34-18(26(42)43)8-10-20(38)39/h3-6,11,17-18H,1,7-10,12,27-29H2,2H3,(H,33,40)(H,34,41)(H,36,37)(H,38,39)(H,42,43)/b31-23+. The second-order valence-corrected chi connectivity index (χ2v) is 9.29. The van der Waals surface area contributed by atoms with Crippen molar-refractivity contribution in [3.63, 3.8) is 0 Å². The molecule has 2 unspecified atom stereocenters. The Morgan fingerprint density at radius 1 is 0.953 bits per heavy atom. The Balaban J connectivity index is 2.13. The van der Waals surface area contributed by atoms with Crippen LogP contribution in [-0.4, -0.2) is 88.5 Å². The highest BCUT2D eigenvalue weighted by atomic mass is 16.4. The largest absolute Gasteiger partial charge is 0.481 e. The molecule has 230 valence electrons. The molecule has 0 aliphatic carbocycles. The predicted molar refractivity (Wildman–Crippen MR) is 156 cm³/mol. The number of hydrogen-bond donors (Lipinski definition) is 8. The number of amidine groups is 1. The zero-order valence-corrected chi connectivity index (χ0v) is 23.2. The van der Waals surface area contributed by atoms with Gasteiger partial charge in [0.15, 0.2) is 5.84 Å². The van der Waals surface area contributed by atoms with Crippen LogP contribution in [0.5, 0.6) is 0 Å². The number of nitrogens with one attached hydrogen (secondary N) is 2. The first-order valence-electron chi connectivity index (χ1n) is 12.7. The lowest BCUT2D eigenvalue weighted by Crippen LogP contribution is -2.51. The average molecular weight is 600 g/mol. The fourth-order valence-corrected chi connectivity index (χ4v) is 3.68. The molecule has 43 heavy (non-hydrogen) atoms. The van der Waals surface area contributed by atoms with Crippen LogP contribution in [0.25, 0.3) is 0 Å². The van der Waals surface area contributed by atoms with Gasteiger partial charge in [0.25, 0.3) is 5.91 Å². The second kappa shape index (κ2) is 15.3. The summed E-state index contributed by atoms with van der Waals surface area (Å²) in [6, 6.07) is 3.23. The van der Waals surface area contributed by atoms with E-state index in [9.17, 15) is 29.1 Å². The van der Waals surface area contributed by atoms with Crippen molar-refractivity contribution in [1.29, 1.82) is 0 Å². The molecule has 17 nitrogen and oxygen atoms in total. The smallest absolute Gasteiger partial charge is 0.326 e. The van der Waals surface area contributed by atoms with Gasteiger partial charge in [0.05, 0.1) is 18.5 Å². The number of amides is 2. The molecule has 11 N–H and O–H groups in total. The van der Waals surface area contributed by atoms with E-state index < -0.39 is 61.1 Å². The third-order valence-corrected chi connectivity index (χ3v) is 5.83. The highest BCUT2D eigenvalue weighted by molar-refractivity contribution is 6.37. The molecule has 2 amide bonds. The Morgan fingerprint density at radius 3 is 2.05 bits per heavy atom. The Labute approximate surface area is 245 Å². The van der Waals surface area contributed by atoms with E-state index in [-0.39, 0.29) is 41.7 Å². The summed E-state index contributed by atoms with van der Waals surface area (Å²) in [5.74, 6) is -5.65. The van der Waals surface area contributed by atoms with Crippen LogP contribution in [0.2, 0.25) is 0 Å². The van der Waals surface area contributed by atoms with E-state index in [4.69, 9.17) is 27.4 Å². The van der Waals surface area contributed by atoms with Crippen LogP contribution < -0.4 is 32.7 Å². The van der Waals surface area contributed by atoms with Gasteiger partial charge in [-0.05, 0) is 37.1 Å². The first-order chi connectivity index (χ1) is 20.2. The number of carbonyl (C=O) groups is 5. The number of nitrogens with zero attached hydrogens (tertiary/aromatic N) is 4. The van der Waals surface area contributed by atoms with E-state index >= 15 is 0 Å². The van der Waals surface area contributed by atoms with Gasteiger partial charge in [-0.1, -0.05) is 6.58 Å². The van der Waals surface area contributed by atoms with Gasteiger partial charge in [-0.15, -0.1) is 0 Å². The van der Waals surface area contributed by atoms with Gasteiger partial charge in [0, 0.05) is 31.1 Å². The highest BCUT2D eigenvalue weighted by Gasteiger charge is 2.28. The first kappa shape index (κ1) is 33.5. The van der Waals surface area contributed by atoms with Crippen LogP contribution >= 0.6 is 0 Å². The van der Waals surface area contributed by atoms with Crippen LogP contribution in [-0.2, 0) is 19.2 Å². The van der Waals surface area contributed by atoms with Gasteiger partial charge in [-0.25, -0.2) is 19.8 Å². The summed E-state index contributed by atoms with van der Waals surface area (Å²) in [7, 11) is 1.75. The molecule has 0 aromatic heterocycles. The normalized spacial score (nSPS) is 14.7. The molecule has 2 rings (SSSR count). The number of nitrogens with two attached hydrogens (primary N) is 3. The minimum Gasteiger partial charge on any atom is -0.481 e. The Hall–Kier alpha value is -5.74. The van der Waals surface area contributed by atoms with Crippen molar-refractivity contribution in [3.05, 3.63) is 53.7 Å². The van der Waals surface area contributed by atoms with Crippen LogP contribution in [0.15, 0.2) is 63.2 Å². The van der Waals surface area contributed by atoms with Crippen LogP contribution in [0, 0.1) is 0 Å². The number of benzene rings is 1. The number of carboxylic acids is 3. The summed E-state index contributed by atoms with van der Waals surface area (Å²) < 4.78 is 0. The van der Waals surface area contributed by atoms with Gasteiger partial charge >= 0.3 is 17.9 Å². The fourth-order valence-electron chi connectivity index (χ4n) is 3.68. The van der Waals surface area contributed by atoms with E-state index in [0.717, 1.165) is 0 Å². The number of anilines is 1. The topological polar surface area (TPSA) is 288 Å². The summed E-state index contributed by atoms with van der Waals surface area (Å²) in [5, 5.41) is 31.8. The zero-order valence-electron chi connectivity index (χ0n) is 23.2. The van der Waals surface area contributed by atoms with Crippen LogP contribution in [0.4, 0.5) is 5.69 Å². The van der Waals surface area contributed by atoms with Crippen molar-refractivity contribution in [2.45, 2.75) is 37.8 Å². The van der Waals surface area contributed by atoms with Crippen molar-refractivity contribution in [1.82, 2.24) is 10.6 Å². The molecular weight excluding hydrogens is 566 g/mol. The van der Waals surface area contributed by atoms with Gasteiger partial charge in [0.1, 0.15) is 29.4 Å². The molecule has 2 atom stereocenters. The third-order valence-electron chi connectivity index (χ3n) is 5.83. The third kappa shape index (κ3) is 10.6. The lowest BCUT2D eigenvalue weighted by atomic mass is 10.1. The monoisotopic (exact) mass is 599 g/mol. The molecule has 1 aromatic rings. The SMILES string of the molecule is C=C(N)/N=C1/N=CC(CN(C)c2ccc(C(=O)NC(CCC(=O)O)C(=O)NC(CCC(=O)O)C(=O)O)cc2)=NC1=C(N)N. The Kier molecular flexibility index (Phi) is 11.9. The number of hydrogen-bond acceptors (Lipinski definition) is 11. The minimum absolute atomic E-state index is 0.000162. The van der Waals surface area contributed by atoms with E-state index in [0.29, 0.717) is 11.4 Å². The maximum atomic E-state index is 12.9. The molecule has 1 aliphatic rings. The number of aliphatic carboxylic acids is 3. The number of rotatable bonds is 15. The predicted octanol–water partition coefficient (Wildman–Crippen LogP) is -1.04. The lowest BCUT2D eigenvalue weighted by Gasteiger charge is -2.22. The number of aliphatic imine (C=N–C) groups is 3. The molecule has 0 bridgehead atoms. The van der Waals surface area contributed by atoms with Gasteiger partial charge in [-0.3, -0.25) is 19.2 Å². The summed E-state index contributed by atoms with van der Waals surface area (Å²) in [6.07, 6.45) is -0.297. The molecule has 0 radical (unpaired) electrons. The van der Waals surface area contributed by atoms with Crippen molar-refractivity contribution in [3.8, 4) is 0 Å². The Bertz CT molecular complexity index is 1400. The van der Waals surface area contributed by atoms with E-state index in [1.807, 2.05) is 0 Å². The van der Waals surface area contributed by atoms with Crippen molar-refractivity contribution in [2.75, 3.05) is 18.5 Å². The molecule has 0 saturated carbocycles. The van der Waals surface area contributed by atoms with Crippen molar-refractivity contribution >= 4 is 53.2 Å². The van der Waals surface area contributed by atoms with Crippen molar-refractivity contribution in [2.24, 2.45) is 32.2 Å². The van der Waals surface area contributed by atoms with Gasteiger partial charge in [0.2, 0.25) is 5.91 Å². The molecule has 0 fully saturated rings. The lowest BCUT2D eigenvalue weighted by molar-refractivity contribution is -0.143. The molecular formula is C26H33N9O8. The summed E-state index contributed by atoms with van der Waals surface area (Å²) in [6.45, 7) is 3.74. The summed E-state index contributed by atoms with van der Waals surface area (Å²) >= 11 is 0. The highest BCUT2D eigenvalue weighted by Crippen LogP contribution is 2.16. The van der Waals surface area contributed by atoms with Crippen molar-refractivity contribution < 1.29 is 39.3 Å². The molecule has 1 aromatic carbocycles. The number of carbonyl (C=O) groups excluding carboxylic acids is 2. The molecule has 1 heterocycles. The van der Waals surface area contributed by atoms with E-state index in [1.165, 1.54) is 18.3 Å². The molecule has 0 spiro atoms. The quantitative estimate of drug-likeness (QED) is 0.120. The average Bonchev–Trinajstić information content (AvgIpc) is 2.93. The molecule has 1 aliphatic heterocycles. The number of carboxylic acid groups (broad SMARTS) is 3. The molecule has 0 saturated heterocycles. The van der Waals surface area contributed by atoms with Gasteiger partial charge in [-0.2, -0.15) is 0 Å². The van der Waals surface area contributed by atoms with Crippen LogP contribution in [0.3, 0.4) is 0 Å². The fraction of sp³-hybridized carbons (Fsp3) is 0.308. The van der Waals surface area contributed by atoms with Crippen LogP contribution in [0.1, 0.15) is 36.0 Å². The summed E-state index contributed by atoms with van der Waals surface area (Å²) in [5.41, 5.74) is 18.3. The van der Waals surface area contributed by atoms with Gasteiger partial charge < -0.3 is 48.1 Å². The maximum Gasteiger partial charge on any atom is 0.326 e. The minimum atomic E-state index is -1.55. The maximum absolute atomic E-state index is 12.9. The first-order valence-corrected chi connectivity index (χ1v) is 12.7. The van der Waals surface area contributed by atoms with E-state index in [2.05, 4.69) is 32.2 Å². The summed E-state index contributed by atoms with van der Waals surface area (Å²) in [4.78, 5) is 73.3. The Morgan fingerprint density at radius 2 is 1.53 bits per heavy atom. The second-order valence-electron chi connectivity index (χ2n) is 9.29. The van der Waals surface area contributed by atoms with E-state index in [1.54, 1.807) is 24.1 Å².